The molecule has 0 spiro atoms. The molecule has 2 fully saturated rings. The quantitative estimate of drug-likeness (QED) is 0.381. The Morgan fingerprint density at radius 1 is 1.06 bits per heavy atom. The molecule has 1 amide bonds. The van der Waals surface area contributed by atoms with Gasteiger partial charge in [0.15, 0.2) is 0 Å². The van der Waals surface area contributed by atoms with Gasteiger partial charge < -0.3 is 4.90 Å². The number of aryl methyl sites for hydroxylation is 1. The number of thiocarbonyl (C=S) groups is 1. The first-order valence-electron chi connectivity index (χ1n) is 11.5. The molecule has 2 saturated heterocycles. The maximum Gasteiger partial charge on any atom is 0.267 e. The summed E-state index contributed by atoms with van der Waals surface area (Å²) in [7, 11) is 0. The second kappa shape index (κ2) is 9.35. The SMILES string of the molecule is Cc1ccc2nc(N3CCCCC3)c(/C=C3\SC(=S)N(C(C)c4ccccc4)C3=O)c(=O)n2c1. The number of pyridine rings is 1. The number of amides is 1. The third kappa shape index (κ3) is 4.16. The van der Waals surface area contributed by atoms with Gasteiger partial charge in [-0.3, -0.25) is 18.9 Å². The number of carbonyl (C=O) groups is 1. The monoisotopic (exact) mass is 490 g/mol. The van der Waals surface area contributed by atoms with Gasteiger partial charge in [-0.15, -0.1) is 0 Å². The van der Waals surface area contributed by atoms with E-state index in [9.17, 15) is 9.59 Å². The molecule has 2 aliphatic rings. The van der Waals surface area contributed by atoms with Crippen LogP contribution in [0.4, 0.5) is 5.82 Å². The van der Waals surface area contributed by atoms with Gasteiger partial charge >= 0.3 is 0 Å². The summed E-state index contributed by atoms with van der Waals surface area (Å²) in [6.07, 6.45) is 6.79. The number of fused-ring (bicyclic) bond motifs is 1. The maximum atomic E-state index is 13.6. The molecule has 0 N–H and O–H groups in total. The highest BCUT2D eigenvalue weighted by Crippen LogP contribution is 2.38. The average Bonchev–Trinajstić information content (AvgIpc) is 3.14. The Morgan fingerprint density at radius 2 is 1.79 bits per heavy atom. The molecule has 1 atom stereocenters. The summed E-state index contributed by atoms with van der Waals surface area (Å²) < 4.78 is 2.07. The van der Waals surface area contributed by atoms with E-state index in [0.29, 0.717) is 26.3 Å². The Labute approximate surface area is 208 Å². The minimum absolute atomic E-state index is 0.171. The van der Waals surface area contributed by atoms with Gasteiger partial charge in [-0.05, 0) is 56.4 Å². The Bertz CT molecular complexity index is 1360. The molecule has 6 nitrogen and oxygen atoms in total. The number of rotatable bonds is 4. The van der Waals surface area contributed by atoms with E-state index >= 15 is 0 Å². The van der Waals surface area contributed by atoms with Crippen LogP contribution in [0.1, 0.15) is 48.9 Å². The largest absolute Gasteiger partial charge is 0.356 e. The number of thioether (sulfide) groups is 1. The Morgan fingerprint density at radius 3 is 2.53 bits per heavy atom. The zero-order valence-corrected chi connectivity index (χ0v) is 20.9. The van der Waals surface area contributed by atoms with E-state index in [1.165, 1.54) is 18.2 Å². The lowest BCUT2D eigenvalue weighted by Gasteiger charge is -2.29. The fourth-order valence-electron chi connectivity index (χ4n) is 4.55. The lowest BCUT2D eigenvalue weighted by atomic mass is 10.1. The van der Waals surface area contributed by atoms with Crippen LogP contribution in [-0.2, 0) is 4.79 Å². The normalized spacial score (nSPS) is 18.8. The summed E-state index contributed by atoms with van der Waals surface area (Å²) in [5.41, 5.74) is 2.86. The lowest BCUT2D eigenvalue weighted by molar-refractivity contribution is -0.123. The van der Waals surface area contributed by atoms with Crippen molar-refractivity contribution in [3.05, 3.63) is 80.6 Å². The van der Waals surface area contributed by atoms with Crippen molar-refractivity contribution in [2.45, 2.75) is 39.2 Å². The third-order valence-electron chi connectivity index (χ3n) is 6.41. The van der Waals surface area contributed by atoms with E-state index in [4.69, 9.17) is 17.2 Å². The van der Waals surface area contributed by atoms with Crippen LogP contribution in [0.5, 0.6) is 0 Å². The number of hydrogen-bond acceptors (Lipinski definition) is 6. The van der Waals surface area contributed by atoms with Crippen molar-refractivity contribution in [2.75, 3.05) is 18.0 Å². The number of anilines is 1. The minimum atomic E-state index is -0.195. The van der Waals surface area contributed by atoms with E-state index in [1.54, 1.807) is 21.6 Å². The molecule has 34 heavy (non-hydrogen) atoms. The number of benzene rings is 1. The lowest BCUT2D eigenvalue weighted by Crippen LogP contribution is -2.34. The summed E-state index contributed by atoms with van der Waals surface area (Å²) in [5.74, 6) is 0.472. The van der Waals surface area contributed by atoms with E-state index in [0.717, 1.165) is 37.1 Å². The van der Waals surface area contributed by atoms with Gasteiger partial charge in [0.1, 0.15) is 15.8 Å². The average molecular weight is 491 g/mol. The molecule has 5 rings (SSSR count). The van der Waals surface area contributed by atoms with E-state index in [2.05, 4.69) is 4.90 Å². The van der Waals surface area contributed by atoms with Crippen LogP contribution >= 0.6 is 24.0 Å². The predicted octanol–water partition coefficient (Wildman–Crippen LogP) is 4.96. The van der Waals surface area contributed by atoms with Crippen LogP contribution in [0.15, 0.2) is 58.4 Å². The molecule has 4 heterocycles. The van der Waals surface area contributed by atoms with Gasteiger partial charge in [0, 0.05) is 19.3 Å². The van der Waals surface area contributed by atoms with Gasteiger partial charge in [-0.1, -0.05) is 60.4 Å². The zero-order valence-electron chi connectivity index (χ0n) is 19.2. The van der Waals surface area contributed by atoms with Crippen LogP contribution in [0.25, 0.3) is 11.7 Å². The number of nitrogens with zero attached hydrogens (tertiary/aromatic N) is 4. The minimum Gasteiger partial charge on any atom is -0.356 e. The summed E-state index contributed by atoms with van der Waals surface area (Å²) >= 11 is 6.84. The second-order valence-corrected chi connectivity index (χ2v) is 10.5. The van der Waals surface area contributed by atoms with Crippen molar-refractivity contribution in [1.29, 1.82) is 0 Å². The Balaban J connectivity index is 1.60. The standard InChI is InChI=1S/C26H26N4O2S2/c1-17-11-12-22-27-23(28-13-7-4-8-14-28)20(24(31)29(22)16-17)15-21-25(32)30(26(33)34-21)18(2)19-9-5-3-6-10-19/h3,5-6,9-12,15-16,18H,4,7-8,13-14H2,1-2H3/b21-15-. The molecule has 0 bridgehead atoms. The third-order valence-corrected chi connectivity index (χ3v) is 7.74. The van der Waals surface area contributed by atoms with Crippen molar-refractivity contribution >= 4 is 51.7 Å². The molecule has 2 aromatic heterocycles. The van der Waals surface area contributed by atoms with Crippen LogP contribution in [0.2, 0.25) is 0 Å². The summed E-state index contributed by atoms with van der Waals surface area (Å²) in [4.78, 5) is 36.2. The fraction of sp³-hybridized carbons (Fsp3) is 0.308. The topological polar surface area (TPSA) is 57.9 Å². The summed E-state index contributed by atoms with van der Waals surface area (Å²) in [5, 5.41) is 0. The van der Waals surface area contributed by atoms with E-state index < -0.39 is 0 Å². The number of hydrogen-bond donors (Lipinski definition) is 0. The fourth-order valence-corrected chi connectivity index (χ4v) is 5.95. The molecule has 174 valence electrons. The molecule has 0 aliphatic carbocycles. The zero-order chi connectivity index (χ0) is 23.8. The van der Waals surface area contributed by atoms with E-state index in [-0.39, 0.29) is 17.5 Å². The van der Waals surface area contributed by atoms with Crippen LogP contribution in [0, 0.1) is 6.92 Å². The number of piperidine rings is 1. The molecule has 3 aromatic rings. The van der Waals surface area contributed by atoms with E-state index in [1.807, 2.05) is 56.3 Å². The highest BCUT2D eigenvalue weighted by molar-refractivity contribution is 8.26. The van der Waals surface area contributed by atoms with Crippen molar-refractivity contribution in [2.24, 2.45) is 0 Å². The number of carbonyl (C=O) groups excluding carboxylic acids is 1. The molecule has 1 unspecified atom stereocenters. The number of aromatic nitrogens is 2. The van der Waals surface area contributed by atoms with Crippen molar-refractivity contribution in [3.63, 3.8) is 0 Å². The van der Waals surface area contributed by atoms with Crippen molar-refractivity contribution in [1.82, 2.24) is 14.3 Å². The van der Waals surface area contributed by atoms with Gasteiger partial charge in [-0.2, -0.15) is 0 Å². The highest BCUT2D eigenvalue weighted by atomic mass is 32.2. The van der Waals surface area contributed by atoms with Crippen molar-refractivity contribution < 1.29 is 4.79 Å². The first-order valence-corrected chi connectivity index (χ1v) is 12.8. The smallest absolute Gasteiger partial charge is 0.267 e. The van der Waals surface area contributed by atoms with Crippen LogP contribution < -0.4 is 10.5 Å². The van der Waals surface area contributed by atoms with Crippen molar-refractivity contribution in [3.8, 4) is 0 Å². The molecule has 1 aromatic carbocycles. The first-order chi connectivity index (χ1) is 16.4. The Kier molecular flexibility index (Phi) is 6.27. The molecular formula is C26H26N4O2S2. The van der Waals surface area contributed by atoms with Gasteiger partial charge in [0.25, 0.3) is 11.5 Å². The van der Waals surface area contributed by atoms with Crippen LogP contribution in [0.3, 0.4) is 0 Å². The molecule has 0 saturated carbocycles. The molecule has 8 heteroatoms. The molecule has 2 aliphatic heterocycles. The van der Waals surface area contributed by atoms with Gasteiger partial charge in [0.05, 0.1) is 16.5 Å². The van der Waals surface area contributed by atoms with Gasteiger partial charge in [0.2, 0.25) is 0 Å². The summed E-state index contributed by atoms with van der Waals surface area (Å²) in [6, 6.07) is 13.5. The Hall–Kier alpha value is -2.97. The predicted molar refractivity (Wildman–Crippen MR) is 142 cm³/mol. The first kappa shape index (κ1) is 22.8. The highest BCUT2D eigenvalue weighted by Gasteiger charge is 2.36. The second-order valence-electron chi connectivity index (χ2n) is 8.77. The molecular weight excluding hydrogens is 464 g/mol. The maximum absolute atomic E-state index is 13.6. The van der Waals surface area contributed by atoms with Crippen LogP contribution in [-0.4, -0.2) is 37.6 Å². The van der Waals surface area contributed by atoms with Gasteiger partial charge in [-0.25, -0.2) is 4.98 Å². The molecule has 0 radical (unpaired) electrons. The summed E-state index contributed by atoms with van der Waals surface area (Å²) in [6.45, 7) is 5.61.